The summed E-state index contributed by atoms with van der Waals surface area (Å²) in [6.07, 6.45) is 2.31. The summed E-state index contributed by atoms with van der Waals surface area (Å²) in [7, 11) is -8.80. The second kappa shape index (κ2) is 16.6. The van der Waals surface area contributed by atoms with E-state index in [-0.39, 0.29) is 44.5 Å². The molecule has 0 radical (unpaired) electrons. The second-order valence-electron chi connectivity index (χ2n) is 20.8. The quantitative estimate of drug-likeness (QED) is 0.162. The van der Waals surface area contributed by atoms with Crippen molar-refractivity contribution < 1.29 is 37.3 Å². The van der Waals surface area contributed by atoms with Gasteiger partial charge in [-0.05, 0) is 72.5 Å². The zero-order chi connectivity index (χ0) is 38.9. The summed E-state index contributed by atoms with van der Waals surface area (Å²) in [5.74, 6) is 0. The van der Waals surface area contributed by atoms with Crippen LogP contribution in [-0.2, 0) is 50.3 Å². The number of hydrogen-bond acceptors (Lipinski definition) is 8. The van der Waals surface area contributed by atoms with Crippen LogP contribution >= 0.6 is 0 Å². The first-order valence-electron chi connectivity index (χ1n) is 18.8. The van der Waals surface area contributed by atoms with E-state index in [0.717, 1.165) is 38.3 Å². The topological polar surface area (TPSA) is 83.2 Å². The van der Waals surface area contributed by atoms with Crippen molar-refractivity contribution in [1.82, 2.24) is 19.9 Å². The predicted octanol–water partition coefficient (Wildman–Crippen LogP) is 9.43. The van der Waals surface area contributed by atoms with E-state index in [1.165, 1.54) is 0 Å². The molecule has 1 fully saturated rings. The first-order valence-corrected chi connectivity index (χ1v) is 31.5. The summed E-state index contributed by atoms with van der Waals surface area (Å²) in [6.45, 7) is 50.6. The molecule has 4 atom stereocenters. The fourth-order valence-corrected chi connectivity index (χ4v) is 10.2. The van der Waals surface area contributed by atoms with E-state index in [1.54, 1.807) is 0 Å². The van der Waals surface area contributed by atoms with Gasteiger partial charge in [-0.3, -0.25) is 0 Å². The summed E-state index contributed by atoms with van der Waals surface area (Å²) in [4.78, 5) is 2.60. The number of likely N-dealkylation sites (tertiary alicyclic amines) is 1. The Morgan fingerprint density at radius 3 is 1.62 bits per heavy atom. The summed E-state index contributed by atoms with van der Waals surface area (Å²) >= 11 is 2.04. The Hall–Kier alpha value is 0.296. The molecule has 0 aliphatic carbocycles. The Labute approximate surface area is 323 Å². The molecule has 296 valence electrons. The van der Waals surface area contributed by atoms with Crippen LogP contribution in [0.25, 0.3) is 0 Å². The monoisotopic (exact) mass is 950 g/mol. The summed E-state index contributed by atoms with van der Waals surface area (Å²) in [5.41, 5.74) is 0.992. The maximum absolute atomic E-state index is 7.66. The average Bonchev–Trinajstić information content (AvgIpc) is 3.36. The molecule has 1 aromatic heterocycles. The molecule has 1 aromatic rings. The van der Waals surface area contributed by atoms with Gasteiger partial charge in [0.05, 0.1) is 0 Å². The predicted molar refractivity (Wildman–Crippen MR) is 216 cm³/mol. The Morgan fingerprint density at radius 1 is 0.700 bits per heavy atom. The molecule has 0 spiro atoms. The van der Waals surface area contributed by atoms with E-state index in [1.807, 2.05) is 24.3 Å². The molecule has 2 rings (SSSR count). The van der Waals surface area contributed by atoms with Gasteiger partial charge in [0, 0.05) is 0 Å². The summed E-state index contributed by atoms with van der Waals surface area (Å²) in [5, 5.41) is 9.17. The van der Waals surface area contributed by atoms with Gasteiger partial charge in [0.15, 0.2) is 33.3 Å². The van der Waals surface area contributed by atoms with Crippen LogP contribution in [-0.4, -0.2) is 104 Å². The first kappa shape index (κ1) is 46.5. The van der Waals surface area contributed by atoms with E-state index in [4.69, 9.17) is 17.7 Å². The molecule has 1 aliphatic heterocycles. The molecular formula is C36H77N5O4PtSi4. The van der Waals surface area contributed by atoms with Crippen molar-refractivity contribution in [3.63, 3.8) is 0 Å². The van der Waals surface area contributed by atoms with Crippen LogP contribution < -0.4 is 0 Å². The van der Waals surface area contributed by atoms with Gasteiger partial charge in [0.1, 0.15) is 0 Å². The molecule has 0 saturated carbocycles. The fraction of sp³-hybridized carbons (Fsp3) is 0.944. The molecule has 0 aromatic carbocycles. The Bertz CT molecular complexity index is 1250. The van der Waals surface area contributed by atoms with Crippen LogP contribution in [0.5, 0.6) is 0 Å². The van der Waals surface area contributed by atoms with Crippen molar-refractivity contribution in [3.8, 4) is 0 Å². The van der Waals surface area contributed by atoms with Crippen LogP contribution in [0, 0.1) is 0 Å². The normalized spacial score (nSPS) is 22.7. The number of aromatic nitrogens is 3. The molecular weight excluding hydrogens is 874 g/mol. The van der Waals surface area contributed by atoms with Gasteiger partial charge in [-0.25, -0.2) is 0 Å². The Balaban J connectivity index is 2.79. The number of rotatable bonds is 15. The van der Waals surface area contributed by atoms with Gasteiger partial charge in [-0.15, -0.1) is 0 Å². The van der Waals surface area contributed by atoms with E-state index >= 15 is 0 Å². The third kappa shape index (κ3) is 11.9. The van der Waals surface area contributed by atoms with Crippen LogP contribution in [0.4, 0.5) is 0 Å². The average molecular weight is 951 g/mol. The van der Waals surface area contributed by atoms with Gasteiger partial charge in [0.2, 0.25) is 0 Å². The van der Waals surface area contributed by atoms with Crippen molar-refractivity contribution in [2.24, 2.45) is 3.50 Å². The fourth-order valence-electron chi connectivity index (χ4n) is 5.01. The van der Waals surface area contributed by atoms with Gasteiger partial charge < -0.3 is 4.43 Å². The molecule has 0 N–H and O–H groups in total. The minimum absolute atomic E-state index is 0.000212. The third-order valence-corrected chi connectivity index (χ3v) is 31.2. The van der Waals surface area contributed by atoms with Crippen LogP contribution in [0.2, 0.25) is 72.5 Å². The molecule has 14 heteroatoms. The maximum atomic E-state index is 7.66. The van der Waals surface area contributed by atoms with Crippen molar-refractivity contribution in [2.75, 3.05) is 26.2 Å². The van der Waals surface area contributed by atoms with Crippen molar-refractivity contribution >= 4 is 33.3 Å². The minimum atomic E-state index is -2.27. The zero-order valence-electron chi connectivity index (χ0n) is 35.8. The van der Waals surface area contributed by atoms with E-state index < -0.39 is 33.3 Å². The van der Waals surface area contributed by atoms with E-state index in [2.05, 4.69) is 160 Å². The van der Waals surface area contributed by atoms with E-state index in [0.29, 0.717) is 6.61 Å². The number of hydrogen-bond donors (Lipinski definition) is 0. The SMILES string of the molecule is CC(C)(C)[Si](C)(C)OC[C@@H]1[C@@H](O[Si](C)(C)C(C)(C)C)[C@H](O[Si](C)(C)C(C)(C)C)[C@@H](O[Si](C)(C)C(C)(C)C)CN1CCc1cn(CC[N]=[Pt])nn1. The summed E-state index contributed by atoms with van der Waals surface area (Å²) < 4.78 is 36.0. The molecule has 2 heterocycles. The van der Waals surface area contributed by atoms with Gasteiger partial charge >= 0.3 is 132 Å². The molecule has 9 nitrogen and oxygen atoms in total. The Kier molecular flexibility index (Phi) is 15.4. The van der Waals surface area contributed by atoms with Crippen LogP contribution in [0.15, 0.2) is 9.69 Å². The molecule has 0 bridgehead atoms. The van der Waals surface area contributed by atoms with Crippen LogP contribution in [0.3, 0.4) is 0 Å². The van der Waals surface area contributed by atoms with Crippen molar-refractivity contribution in [2.45, 2.75) is 193 Å². The van der Waals surface area contributed by atoms with Gasteiger partial charge in [0.25, 0.3) is 0 Å². The third-order valence-electron chi connectivity index (χ3n) is 12.7. The standard InChI is InChI=1S/C36H77N5O4Si4.Pt/c1-33(2,3)46(13,14)42-27-29-31(44-48(17,18)35(7,8)9)32(45-49(19,20)36(10,11)12)30(43-47(15,16)34(4,5)6)26-40(29)23-21-28-25-41(24-22-37)39-38-28;/h25,29-32H,21-24,26-27H2,1-20H3;/t29-,30+,31-,32-;/m1./s1. The molecule has 1 aliphatic rings. The molecule has 1 saturated heterocycles. The number of nitrogens with zero attached hydrogens (tertiary/aromatic N) is 5. The second-order valence-corrected chi connectivity index (χ2v) is 40.6. The molecule has 0 unspecified atom stereocenters. The van der Waals surface area contributed by atoms with Gasteiger partial charge in [-0.2, -0.15) is 0 Å². The summed E-state index contributed by atoms with van der Waals surface area (Å²) in [6, 6.07) is 0.000212. The first-order chi connectivity index (χ1) is 22.3. The van der Waals surface area contributed by atoms with Crippen LogP contribution in [0.1, 0.15) is 88.8 Å². The number of piperidine rings is 1. The molecule has 50 heavy (non-hydrogen) atoms. The molecule has 0 amide bonds. The van der Waals surface area contributed by atoms with Crippen molar-refractivity contribution in [1.29, 1.82) is 0 Å². The van der Waals surface area contributed by atoms with Gasteiger partial charge in [-0.1, -0.05) is 83.1 Å². The van der Waals surface area contributed by atoms with E-state index in [9.17, 15) is 0 Å². The zero-order valence-corrected chi connectivity index (χ0v) is 42.1. The Morgan fingerprint density at radius 2 is 1.16 bits per heavy atom. The van der Waals surface area contributed by atoms with Crippen molar-refractivity contribution in [3.05, 3.63) is 11.9 Å².